The van der Waals surface area contributed by atoms with Crippen LogP contribution in [0.2, 0.25) is 18.3 Å². The van der Waals surface area contributed by atoms with Crippen LogP contribution in [0.25, 0.3) is 0 Å². The standard InChI is InChI=1S/C8H22O4Si2/c1-8(13(5,7-9)10-2)14(6,11-3)12-4/h8-9H,7H2,1-6H3. The Balaban J connectivity index is 4.80. The summed E-state index contributed by atoms with van der Waals surface area (Å²) in [4.78, 5) is 0. The number of hydrogen-bond donors (Lipinski definition) is 1. The van der Waals surface area contributed by atoms with Gasteiger partial charge in [0.2, 0.25) is 8.32 Å². The van der Waals surface area contributed by atoms with Crippen LogP contribution in [-0.4, -0.2) is 49.5 Å². The largest absolute Gasteiger partial charge is 0.418 e. The Kier molecular flexibility index (Phi) is 5.49. The van der Waals surface area contributed by atoms with E-state index in [2.05, 4.69) is 0 Å². The Morgan fingerprint density at radius 3 is 1.71 bits per heavy atom. The smallest absolute Gasteiger partial charge is 0.336 e. The molecule has 0 bridgehead atoms. The molecular formula is C8H22O4Si2. The van der Waals surface area contributed by atoms with E-state index in [-0.39, 0.29) is 11.4 Å². The van der Waals surface area contributed by atoms with E-state index in [0.29, 0.717) is 0 Å². The van der Waals surface area contributed by atoms with Gasteiger partial charge in [0, 0.05) is 26.5 Å². The van der Waals surface area contributed by atoms with Gasteiger partial charge in [-0.15, -0.1) is 0 Å². The molecule has 0 amide bonds. The van der Waals surface area contributed by atoms with Crippen LogP contribution in [0.4, 0.5) is 0 Å². The van der Waals surface area contributed by atoms with Crippen molar-refractivity contribution < 1.29 is 18.4 Å². The van der Waals surface area contributed by atoms with E-state index in [9.17, 15) is 5.11 Å². The molecule has 2 unspecified atom stereocenters. The lowest BCUT2D eigenvalue weighted by molar-refractivity contribution is 0.235. The minimum atomic E-state index is -2.20. The van der Waals surface area contributed by atoms with Crippen LogP contribution < -0.4 is 0 Å². The summed E-state index contributed by atoms with van der Waals surface area (Å²) in [5.41, 5.74) is 0. The van der Waals surface area contributed by atoms with E-state index in [0.717, 1.165) is 0 Å². The van der Waals surface area contributed by atoms with Crippen molar-refractivity contribution in [3.8, 4) is 0 Å². The van der Waals surface area contributed by atoms with Crippen molar-refractivity contribution in [2.75, 3.05) is 27.6 Å². The molecule has 0 aliphatic heterocycles. The van der Waals surface area contributed by atoms with Crippen LogP contribution in [0, 0.1) is 0 Å². The van der Waals surface area contributed by atoms with Crippen molar-refractivity contribution in [1.82, 2.24) is 0 Å². The lowest BCUT2D eigenvalue weighted by Gasteiger charge is -2.38. The van der Waals surface area contributed by atoms with E-state index in [1.54, 1.807) is 21.3 Å². The third kappa shape index (κ3) is 2.65. The second-order valence-corrected chi connectivity index (χ2v) is 12.3. The minimum Gasteiger partial charge on any atom is -0.418 e. The second kappa shape index (κ2) is 5.38. The molecule has 2 atom stereocenters. The van der Waals surface area contributed by atoms with Crippen LogP contribution in [-0.2, 0) is 13.3 Å². The van der Waals surface area contributed by atoms with Gasteiger partial charge in [-0.05, 0) is 13.1 Å². The average molecular weight is 238 g/mol. The van der Waals surface area contributed by atoms with E-state index in [1.807, 2.05) is 20.0 Å². The fourth-order valence-corrected chi connectivity index (χ4v) is 8.77. The van der Waals surface area contributed by atoms with Crippen LogP contribution in [0.1, 0.15) is 6.92 Å². The number of aliphatic hydroxyl groups is 1. The first kappa shape index (κ1) is 14.3. The maximum absolute atomic E-state index is 9.36. The van der Waals surface area contributed by atoms with Crippen LogP contribution >= 0.6 is 0 Å². The normalized spacial score (nSPS) is 19.1. The lowest BCUT2D eigenvalue weighted by Crippen LogP contribution is -2.56. The van der Waals surface area contributed by atoms with Gasteiger partial charge in [0.05, 0.1) is 6.23 Å². The SMILES string of the molecule is CO[Si](C)(CO)C(C)[Si](C)(OC)OC. The van der Waals surface area contributed by atoms with E-state index >= 15 is 0 Å². The number of aliphatic hydroxyl groups excluding tert-OH is 1. The zero-order valence-electron chi connectivity index (χ0n) is 9.96. The van der Waals surface area contributed by atoms with Crippen LogP contribution in [0.5, 0.6) is 0 Å². The molecule has 0 aromatic heterocycles. The molecular weight excluding hydrogens is 216 g/mol. The summed E-state index contributed by atoms with van der Waals surface area (Å²) >= 11 is 0. The maximum Gasteiger partial charge on any atom is 0.336 e. The quantitative estimate of drug-likeness (QED) is 0.702. The number of rotatable bonds is 6. The van der Waals surface area contributed by atoms with Crippen LogP contribution in [0.15, 0.2) is 0 Å². The van der Waals surface area contributed by atoms with Crippen molar-refractivity contribution in [3.63, 3.8) is 0 Å². The predicted molar refractivity (Wildman–Crippen MR) is 60.8 cm³/mol. The Hall–Kier alpha value is 0.274. The topological polar surface area (TPSA) is 47.9 Å². The van der Waals surface area contributed by atoms with E-state index < -0.39 is 16.9 Å². The zero-order valence-corrected chi connectivity index (χ0v) is 12.0. The molecule has 0 aromatic carbocycles. The fourth-order valence-electron chi connectivity index (χ4n) is 1.37. The highest BCUT2D eigenvalue weighted by atomic mass is 28.4. The Morgan fingerprint density at radius 1 is 1.07 bits per heavy atom. The first-order chi connectivity index (χ1) is 6.40. The Labute approximate surface area is 88.6 Å². The average Bonchev–Trinajstić information content (AvgIpc) is 2.25. The summed E-state index contributed by atoms with van der Waals surface area (Å²) < 4.78 is 16.4. The predicted octanol–water partition coefficient (Wildman–Crippen LogP) is 1.03. The van der Waals surface area contributed by atoms with Crippen molar-refractivity contribution >= 4 is 16.9 Å². The highest BCUT2D eigenvalue weighted by Crippen LogP contribution is 2.32. The molecule has 0 spiro atoms. The molecule has 0 rings (SSSR count). The molecule has 4 nitrogen and oxygen atoms in total. The van der Waals surface area contributed by atoms with Gasteiger partial charge in [0.1, 0.15) is 0 Å². The first-order valence-electron chi connectivity index (χ1n) is 4.66. The van der Waals surface area contributed by atoms with Gasteiger partial charge in [-0.3, -0.25) is 0 Å². The van der Waals surface area contributed by atoms with Crippen LogP contribution in [0.3, 0.4) is 0 Å². The monoisotopic (exact) mass is 238 g/mol. The summed E-state index contributed by atoms with van der Waals surface area (Å²) in [5, 5.41) is 9.54. The van der Waals surface area contributed by atoms with Gasteiger partial charge >= 0.3 is 8.56 Å². The summed E-state index contributed by atoms with van der Waals surface area (Å²) in [6, 6.07) is 0. The maximum atomic E-state index is 9.36. The lowest BCUT2D eigenvalue weighted by atomic mass is 10.9. The van der Waals surface area contributed by atoms with E-state index in [4.69, 9.17) is 13.3 Å². The molecule has 0 heterocycles. The Morgan fingerprint density at radius 2 is 1.50 bits per heavy atom. The molecule has 0 aliphatic carbocycles. The molecule has 0 radical (unpaired) electrons. The fraction of sp³-hybridized carbons (Fsp3) is 1.00. The van der Waals surface area contributed by atoms with E-state index in [1.165, 1.54) is 0 Å². The molecule has 6 heteroatoms. The summed E-state index contributed by atoms with van der Waals surface area (Å²) in [7, 11) is 0.661. The van der Waals surface area contributed by atoms with Crippen molar-refractivity contribution in [3.05, 3.63) is 0 Å². The highest BCUT2D eigenvalue weighted by Gasteiger charge is 2.49. The molecule has 0 fully saturated rings. The zero-order chi connectivity index (χ0) is 11.4. The van der Waals surface area contributed by atoms with Crippen molar-refractivity contribution in [1.29, 1.82) is 0 Å². The summed E-state index contributed by atoms with van der Waals surface area (Å²) in [6.45, 7) is 6.05. The third-order valence-electron chi connectivity index (χ3n) is 3.29. The molecule has 0 saturated heterocycles. The van der Waals surface area contributed by atoms with Crippen molar-refractivity contribution in [2.45, 2.75) is 25.2 Å². The minimum absolute atomic E-state index is 0.0972. The van der Waals surface area contributed by atoms with Gasteiger partial charge in [0.25, 0.3) is 0 Å². The molecule has 0 saturated carbocycles. The molecule has 14 heavy (non-hydrogen) atoms. The highest BCUT2D eigenvalue weighted by molar-refractivity contribution is 6.90. The van der Waals surface area contributed by atoms with Gasteiger partial charge < -0.3 is 18.4 Å². The number of hydrogen-bond acceptors (Lipinski definition) is 4. The van der Waals surface area contributed by atoms with Gasteiger partial charge in [-0.1, -0.05) is 6.92 Å². The van der Waals surface area contributed by atoms with Gasteiger partial charge in [-0.25, -0.2) is 0 Å². The molecule has 1 N–H and O–H groups in total. The summed E-state index contributed by atoms with van der Waals surface area (Å²) in [5.74, 6) is 0. The second-order valence-electron chi connectivity index (χ2n) is 3.82. The summed E-state index contributed by atoms with van der Waals surface area (Å²) in [6.07, 6.45) is 0.0972. The third-order valence-corrected chi connectivity index (χ3v) is 13.3. The first-order valence-corrected chi connectivity index (χ1v) is 9.75. The molecule has 0 aliphatic rings. The van der Waals surface area contributed by atoms with Gasteiger partial charge in [-0.2, -0.15) is 0 Å². The van der Waals surface area contributed by atoms with Gasteiger partial charge in [0.15, 0.2) is 0 Å². The molecule has 86 valence electrons. The van der Waals surface area contributed by atoms with Crippen molar-refractivity contribution in [2.24, 2.45) is 0 Å². The molecule has 0 aromatic rings. The Bertz CT molecular complexity index is 151.